The number of hydrogen-bond acceptors (Lipinski definition) is 6. The number of nitrogens with zero attached hydrogens (tertiary/aromatic N) is 5. The first-order chi connectivity index (χ1) is 12.4. The summed E-state index contributed by atoms with van der Waals surface area (Å²) in [6.07, 6.45) is 0.00940. The average molecular weight is 353 g/mol. The largest absolute Gasteiger partial charge is 0.341 e. The highest BCUT2D eigenvalue weighted by molar-refractivity contribution is 5.78. The van der Waals surface area contributed by atoms with Crippen molar-refractivity contribution in [2.24, 2.45) is 0 Å². The molecule has 3 aromatic rings. The minimum Gasteiger partial charge on any atom is -0.341 e. The summed E-state index contributed by atoms with van der Waals surface area (Å²) in [5, 5.41) is 13.9. The van der Waals surface area contributed by atoms with Crippen LogP contribution in [0.1, 0.15) is 22.6 Å². The van der Waals surface area contributed by atoms with E-state index in [1.165, 1.54) is 0 Å². The van der Waals surface area contributed by atoms with Gasteiger partial charge in [0.2, 0.25) is 11.7 Å². The number of aromatic amines is 2. The Balaban J connectivity index is 1.72. The number of nitrogens with one attached hydrogen (secondary N) is 2. The minimum atomic E-state index is -0.268. The van der Waals surface area contributed by atoms with Crippen molar-refractivity contribution in [1.29, 1.82) is 0 Å². The molecule has 0 unspecified atom stereocenters. The molecule has 0 radical (unpaired) electrons. The second-order valence-corrected chi connectivity index (χ2v) is 6.08. The molecule has 3 rings (SSSR count). The highest BCUT2D eigenvalue weighted by Gasteiger charge is 2.16. The third-order valence-corrected chi connectivity index (χ3v) is 4.04. The number of aryl methyl sites for hydroxylation is 2. The highest BCUT2D eigenvalue weighted by atomic mass is 16.2. The van der Waals surface area contributed by atoms with E-state index in [0.717, 1.165) is 11.1 Å². The molecule has 9 nitrogen and oxygen atoms in total. The lowest BCUT2D eigenvalue weighted by atomic mass is 10.1. The number of hydrogen-bond donors (Lipinski definition) is 2. The molecule has 2 heterocycles. The van der Waals surface area contributed by atoms with E-state index in [-0.39, 0.29) is 17.9 Å². The number of carbonyl (C=O) groups is 1. The van der Waals surface area contributed by atoms with Crippen LogP contribution in [0.4, 0.5) is 0 Å². The summed E-state index contributed by atoms with van der Waals surface area (Å²) in [4.78, 5) is 33.0. The van der Waals surface area contributed by atoms with Gasteiger partial charge in [-0.05, 0) is 30.7 Å². The molecule has 0 saturated heterocycles. The van der Waals surface area contributed by atoms with Crippen molar-refractivity contribution in [3.05, 3.63) is 57.3 Å². The van der Waals surface area contributed by atoms with Crippen molar-refractivity contribution in [2.75, 3.05) is 7.05 Å². The van der Waals surface area contributed by atoms with Gasteiger partial charge in [0.05, 0.1) is 6.42 Å². The van der Waals surface area contributed by atoms with E-state index < -0.39 is 0 Å². The molecule has 2 N–H and O–H groups in total. The first-order valence-corrected chi connectivity index (χ1v) is 8.07. The summed E-state index contributed by atoms with van der Waals surface area (Å²) >= 11 is 0. The van der Waals surface area contributed by atoms with Crippen LogP contribution in [-0.4, -0.2) is 48.4 Å². The fourth-order valence-corrected chi connectivity index (χ4v) is 2.70. The molecule has 0 atom stereocenters. The van der Waals surface area contributed by atoms with Crippen LogP contribution < -0.4 is 5.56 Å². The standard InChI is InChI=1S/C17H19N7O2/c1-10-14(17(26)19-11(2)18-10)8-15(25)24(3)9-12-5-4-6-13(7-12)16-20-22-23-21-16/h4-7H,8-9H2,1-3H3,(H,18,19,26)(H,20,21,22,23). The van der Waals surface area contributed by atoms with Gasteiger partial charge in [-0.1, -0.05) is 18.2 Å². The van der Waals surface area contributed by atoms with Crippen LogP contribution in [0.5, 0.6) is 0 Å². The van der Waals surface area contributed by atoms with Crippen LogP contribution in [0, 0.1) is 13.8 Å². The van der Waals surface area contributed by atoms with Crippen LogP contribution in [-0.2, 0) is 17.8 Å². The molecule has 9 heteroatoms. The topological polar surface area (TPSA) is 121 Å². The molecule has 0 aliphatic carbocycles. The summed E-state index contributed by atoms with van der Waals surface area (Å²) in [6, 6.07) is 7.56. The van der Waals surface area contributed by atoms with E-state index in [2.05, 4.69) is 30.6 Å². The molecule has 0 saturated carbocycles. The second-order valence-electron chi connectivity index (χ2n) is 6.08. The fourth-order valence-electron chi connectivity index (χ4n) is 2.70. The van der Waals surface area contributed by atoms with Crippen molar-refractivity contribution < 1.29 is 4.79 Å². The first kappa shape index (κ1) is 17.5. The highest BCUT2D eigenvalue weighted by Crippen LogP contribution is 2.16. The van der Waals surface area contributed by atoms with Gasteiger partial charge in [0.15, 0.2) is 0 Å². The van der Waals surface area contributed by atoms with Gasteiger partial charge in [0, 0.05) is 30.4 Å². The quantitative estimate of drug-likeness (QED) is 0.699. The SMILES string of the molecule is Cc1nc(C)c(CC(=O)N(C)Cc2cccc(-c3nn[nH]n3)c2)c(=O)[nH]1. The van der Waals surface area contributed by atoms with Gasteiger partial charge in [-0.2, -0.15) is 5.21 Å². The Bertz CT molecular complexity index is 979. The van der Waals surface area contributed by atoms with Gasteiger partial charge < -0.3 is 9.88 Å². The van der Waals surface area contributed by atoms with Crippen molar-refractivity contribution in [1.82, 2.24) is 35.5 Å². The molecule has 1 amide bonds. The number of likely N-dealkylation sites (N-methyl/N-ethyl adjacent to an activating group) is 1. The zero-order valence-corrected chi connectivity index (χ0v) is 14.8. The molecule has 0 aliphatic heterocycles. The van der Waals surface area contributed by atoms with Gasteiger partial charge in [-0.25, -0.2) is 4.98 Å². The zero-order chi connectivity index (χ0) is 18.7. The third-order valence-electron chi connectivity index (χ3n) is 4.04. The van der Waals surface area contributed by atoms with E-state index in [4.69, 9.17) is 0 Å². The van der Waals surface area contributed by atoms with Gasteiger partial charge in [0.1, 0.15) is 5.82 Å². The lowest BCUT2D eigenvalue weighted by Crippen LogP contribution is -2.31. The van der Waals surface area contributed by atoms with Crippen molar-refractivity contribution >= 4 is 5.91 Å². The van der Waals surface area contributed by atoms with E-state index >= 15 is 0 Å². The molecule has 1 aromatic carbocycles. The maximum atomic E-state index is 12.5. The summed E-state index contributed by atoms with van der Waals surface area (Å²) in [5.41, 5.74) is 2.44. The summed E-state index contributed by atoms with van der Waals surface area (Å²) < 4.78 is 0. The van der Waals surface area contributed by atoms with Gasteiger partial charge in [-0.15, -0.1) is 10.2 Å². The number of amides is 1. The molecular weight excluding hydrogens is 334 g/mol. The Hall–Kier alpha value is -3.36. The third kappa shape index (κ3) is 3.82. The molecule has 0 fully saturated rings. The molecular formula is C17H19N7O2. The lowest BCUT2D eigenvalue weighted by Gasteiger charge is -2.18. The summed E-state index contributed by atoms with van der Waals surface area (Å²) in [5.74, 6) is 0.873. The normalized spacial score (nSPS) is 10.7. The van der Waals surface area contributed by atoms with Crippen molar-refractivity contribution in [2.45, 2.75) is 26.8 Å². The van der Waals surface area contributed by atoms with E-state index in [1.807, 2.05) is 24.3 Å². The van der Waals surface area contributed by atoms with E-state index in [9.17, 15) is 9.59 Å². The van der Waals surface area contributed by atoms with Gasteiger partial charge in [-0.3, -0.25) is 9.59 Å². The monoisotopic (exact) mass is 353 g/mol. The van der Waals surface area contributed by atoms with Crippen LogP contribution in [0.2, 0.25) is 0 Å². The summed E-state index contributed by atoms with van der Waals surface area (Å²) in [6.45, 7) is 3.85. The Morgan fingerprint density at radius 3 is 2.77 bits per heavy atom. The van der Waals surface area contributed by atoms with Crippen LogP contribution >= 0.6 is 0 Å². The molecule has 0 spiro atoms. The Morgan fingerprint density at radius 2 is 2.08 bits per heavy atom. The second kappa shape index (κ2) is 7.26. The van der Waals surface area contributed by atoms with Crippen LogP contribution in [0.25, 0.3) is 11.4 Å². The predicted molar refractivity (Wildman–Crippen MR) is 94.1 cm³/mol. The number of H-pyrrole nitrogens is 2. The number of tetrazole rings is 1. The molecule has 0 bridgehead atoms. The van der Waals surface area contributed by atoms with E-state index in [1.54, 1.807) is 25.8 Å². The lowest BCUT2D eigenvalue weighted by molar-refractivity contribution is -0.129. The predicted octanol–water partition coefficient (Wildman–Crippen LogP) is 0.768. The van der Waals surface area contributed by atoms with E-state index in [0.29, 0.717) is 29.5 Å². The smallest absolute Gasteiger partial charge is 0.254 e. The van der Waals surface area contributed by atoms with Crippen LogP contribution in [0.3, 0.4) is 0 Å². The van der Waals surface area contributed by atoms with Crippen LogP contribution in [0.15, 0.2) is 29.1 Å². The molecule has 26 heavy (non-hydrogen) atoms. The molecule has 134 valence electrons. The Kier molecular flexibility index (Phi) is 4.87. The van der Waals surface area contributed by atoms with Gasteiger partial charge >= 0.3 is 0 Å². The molecule has 0 aliphatic rings. The first-order valence-electron chi connectivity index (χ1n) is 8.07. The minimum absolute atomic E-state index is 0.00940. The maximum absolute atomic E-state index is 12.5. The molecule has 2 aromatic heterocycles. The van der Waals surface area contributed by atoms with Gasteiger partial charge in [0.25, 0.3) is 5.56 Å². The average Bonchev–Trinajstić information content (AvgIpc) is 3.12. The number of benzene rings is 1. The van der Waals surface area contributed by atoms with Crippen molar-refractivity contribution in [3.63, 3.8) is 0 Å². The maximum Gasteiger partial charge on any atom is 0.254 e. The summed E-state index contributed by atoms with van der Waals surface area (Å²) in [7, 11) is 1.70. The van der Waals surface area contributed by atoms with Crippen molar-refractivity contribution in [3.8, 4) is 11.4 Å². The number of carbonyl (C=O) groups excluding carboxylic acids is 1. The number of aromatic nitrogens is 6. The zero-order valence-electron chi connectivity index (χ0n) is 14.8. The Labute approximate surface area is 149 Å². The number of rotatable bonds is 5. The fraction of sp³-hybridized carbons (Fsp3) is 0.294. The Morgan fingerprint density at radius 1 is 1.27 bits per heavy atom.